The number of carbonyl (C=O) groups is 2. The molecule has 1 saturated heterocycles. The molecule has 2 fully saturated rings. The summed E-state index contributed by atoms with van der Waals surface area (Å²) in [4.78, 5) is 23.8. The Morgan fingerprint density at radius 3 is 2.42 bits per heavy atom. The molecule has 2 amide bonds. The Hall–Kier alpha value is -1.64. The van der Waals surface area contributed by atoms with Crippen LogP contribution in [0.15, 0.2) is 24.3 Å². The van der Waals surface area contributed by atoms with E-state index in [-0.39, 0.29) is 11.2 Å². The van der Waals surface area contributed by atoms with E-state index >= 15 is 0 Å². The van der Waals surface area contributed by atoms with Gasteiger partial charge in [-0.2, -0.15) is 0 Å². The second-order valence-corrected chi connectivity index (χ2v) is 9.41. The highest BCUT2D eigenvalue weighted by Crippen LogP contribution is 2.33. The first-order chi connectivity index (χ1) is 12.4. The largest absolute Gasteiger partial charge is 0.348 e. The number of nitrogens with zero attached hydrogens (tertiary/aromatic N) is 1. The molecule has 1 aliphatic heterocycles. The highest BCUT2D eigenvalue weighted by atomic mass is 35.5. The van der Waals surface area contributed by atoms with Crippen LogP contribution < -0.4 is 10.6 Å². The minimum atomic E-state index is -3.12. The molecule has 0 unspecified atom stereocenters. The van der Waals surface area contributed by atoms with E-state index in [9.17, 15) is 18.0 Å². The highest BCUT2D eigenvalue weighted by Gasteiger charge is 2.41. The van der Waals surface area contributed by atoms with Gasteiger partial charge >= 0.3 is 11.8 Å². The Morgan fingerprint density at radius 1 is 1.12 bits per heavy atom. The van der Waals surface area contributed by atoms with Crippen LogP contribution >= 0.6 is 11.6 Å². The van der Waals surface area contributed by atoms with Gasteiger partial charge < -0.3 is 10.6 Å². The molecule has 142 valence electrons. The molecule has 2 N–H and O–H groups in total. The minimum Gasteiger partial charge on any atom is -0.348 e. The van der Waals surface area contributed by atoms with Crippen molar-refractivity contribution in [3.05, 3.63) is 29.3 Å². The third kappa shape index (κ3) is 4.75. The lowest BCUT2D eigenvalue weighted by molar-refractivity contribution is -0.136. The van der Waals surface area contributed by atoms with Crippen molar-refractivity contribution in [3.63, 3.8) is 0 Å². The Morgan fingerprint density at radius 2 is 1.81 bits per heavy atom. The highest BCUT2D eigenvalue weighted by molar-refractivity contribution is 7.90. The van der Waals surface area contributed by atoms with Crippen LogP contribution in [0.4, 0.5) is 5.69 Å². The van der Waals surface area contributed by atoms with E-state index < -0.39 is 21.8 Å². The van der Waals surface area contributed by atoms with Crippen molar-refractivity contribution in [1.29, 1.82) is 0 Å². The number of rotatable bonds is 5. The van der Waals surface area contributed by atoms with E-state index in [4.69, 9.17) is 11.6 Å². The summed E-state index contributed by atoms with van der Waals surface area (Å²) in [7, 11) is -3.12. The van der Waals surface area contributed by atoms with E-state index in [0.29, 0.717) is 43.2 Å². The summed E-state index contributed by atoms with van der Waals surface area (Å²) in [5.41, 5.74) is 0.455. The van der Waals surface area contributed by atoms with Crippen molar-refractivity contribution in [1.82, 2.24) is 9.62 Å². The van der Waals surface area contributed by atoms with Crippen molar-refractivity contribution >= 4 is 39.1 Å². The van der Waals surface area contributed by atoms with Crippen molar-refractivity contribution in [2.24, 2.45) is 5.92 Å². The van der Waals surface area contributed by atoms with Crippen LogP contribution in [-0.2, 0) is 19.6 Å². The molecular formula is C17H22ClN3O4S. The van der Waals surface area contributed by atoms with Crippen LogP contribution in [0.3, 0.4) is 0 Å². The summed E-state index contributed by atoms with van der Waals surface area (Å²) in [5, 5.41) is 5.40. The Kier molecular flexibility index (Phi) is 5.84. The molecule has 0 bridgehead atoms. The summed E-state index contributed by atoms with van der Waals surface area (Å²) >= 11 is 5.84. The summed E-state index contributed by atoms with van der Waals surface area (Å²) in [5.74, 6) is -1.29. The maximum absolute atomic E-state index is 12.2. The number of amides is 2. The molecule has 1 heterocycles. The number of piperidine rings is 1. The number of hydrogen-bond acceptors (Lipinski definition) is 4. The SMILES string of the molecule is O=C(NCC1CCN(S(=O)(=O)C2CC2)CC1)C(=O)Nc1cccc(Cl)c1. The van der Waals surface area contributed by atoms with Crippen LogP contribution in [0.5, 0.6) is 0 Å². The van der Waals surface area contributed by atoms with Crippen molar-refractivity contribution in [3.8, 4) is 0 Å². The van der Waals surface area contributed by atoms with Crippen LogP contribution in [0.1, 0.15) is 25.7 Å². The first-order valence-electron chi connectivity index (χ1n) is 8.70. The van der Waals surface area contributed by atoms with Gasteiger partial charge in [0.25, 0.3) is 0 Å². The summed E-state index contributed by atoms with van der Waals surface area (Å²) < 4.78 is 26.0. The normalized spacial score (nSPS) is 19.1. The molecule has 7 nitrogen and oxygen atoms in total. The Labute approximate surface area is 158 Å². The van der Waals surface area contributed by atoms with Gasteiger partial charge in [-0.25, -0.2) is 12.7 Å². The lowest BCUT2D eigenvalue weighted by atomic mass is 9.98. The number of carbonyl (C=O) groups excluding carboxylic acids is 2. The van der Waals surface area contributed by atoms with Gasteiger partial charge in [-0.05, 0) is 49.8 Å². The number of halogens is 1. The summed E-state index contributed by atoms with van der Waals surface area (Å²) in [6.07, 6.45) is 2.89. The fourth-order valence-electron chi connectivity index (χ4n) is 3.02. The second-order valence-electron chi connectivity index (χ2n) is 6.76. The third-order valence-corrected chi connectivity index (χ3v) is 7.35. The van der Waals surface area contributed by atoms with E-state index in [2.05, 4.69) is 10.6 Å². The zero-order chi connectivity index (χ0) is 18.7. The van der Waals surface area contributed by atoms with Gasteiger partial charge in [0.05, 0.1) is 5.25 Å². The summed E-state index contributed by atoms with van der Waals surface area (Å²) in [6.45, 7) is 1.32. The molecule has 3 rings (SSSR count). The average Bonchev–Trinajstić information content (AvgIpc) is 3.45. The molecule has 1 saturated carbocycles. The van der Waals surface area contributed by atoms with Crippen molar-refractivity contribution in [2.45, 2.75) is 30.9 Å². The van der Waals surface area contributed by atoms with E-state index in [1.165, 1.54) is 0 Å². The van der Waals surface area contributed by atoms with Gasteiger partial charge in [-0.15, -0.1) is 0 Å². The number of nitrogens with one attached hydrogen (secondary N) is 2. The molecule has 0 radical (unpaired) electrons. The monoisotopic (exact) mass is 399 g/mol. The van der Waals surface area contributed by atoms with Crippen LogP contribution in [0.2, 0.25) is 5.02 Å². The van der Waals surface area contributed by atoms with E-state index in [0.717, 1.165) is 12.8 Å². The van der Waals surface area contributed by atoms with Gasteiger partial charge in [-0.1, -0.05) is 17.7 Å². The fraction of sp³-hybridized carbons (Fsp3) is 0.529. The topological polar surface area (TPSA) is 95.6 Å². The lowest BCUT2D eigenvalue weighted by Crippen LogP contribution is -2.44. The van der Waals surface area contributed by atoms with E-state index in [1.54, 1.807) is 28.6 Å². The first kappa shape index (κ1) is 19.1. The average molecular weight is 400 g/mol. The maximum atomic E-state index is 12.2. The van der Waals surface area contributed by atoms with Gasteiger partial charge in [-0.3, -0.25) is 9.59 Å². The number of anilines is 1. The summed E-state index contributed by atoms with van der Waals surface area (Å²) in [6, 6.07) is 6.56. The molecule has 0 atom stereocenters. The lowest BCUT2D eigenvalue weighted by Gasteiger charge is -2.31. The predicted molar refractivity (Wildman–Crippen MR) is 99.3 cm³/mol. The van der Waals surface area contributed by atoms with E-state index in [1.807, 2.05) is 0 Å². The molecule has 1 aliphatic carbocycles. The number of sulfonamides is 1. The van der Waals surface area contributed by atoms with Gasteiger partial charge in [0.2, 0.25) is 10.0 Å². The third-order valence-electron chi connectivity index (χ3n) is 4.72. The number of benzene rings is 1. The molecule has 0 aromatic heterocycles. The fourth-order valence-corrected chi connectivity index (χ4v) is 5.08. The molecule has 26 heavy (non-hydrogen) atoms. The molecule has 9 heteroatoms. The maximum Gasteiger partial charge on any atom is 0.313 e. The Bertz CT molecular complexity index is 787. The number of hydrogen-bond donors (Lipinski definition) is 2. The first-order valence-corrected chi connectivity index (χ1v) is 10.6. The predicted octanol–water partition coefficient (Wildman–Crippen LogP) is 1.60. The van der Waals surface area contributed by atoms with Crippen LogP contribution in [-0.4, -0.2) is 49.4 Å². The molecule has 0 spiro atoms. The molecule has 1 aromatic rings. The van der Waals surface area contributed by atoms with Gasteiger partial charge in [0.15, 0.2) is 0 Å². The quantitative estimate of drug-likeness (QED) is 0.735. The van der Waals surface area contributed by atoms with Crippen molar-refractivity contribution < 1.29 is 18.0 Å². The standard InChI is InChI=1S/C17H22ClN3O4S/c18-13-2-1-3-14(10-13)20-17(23)16(22)19-11-12-6-8-21(9-7-12)26(24,25)15-4-5-15/h1-3,10,12,15H,4-9,11H2,(H,19,22)(H,20,23). The van der Waals surface area contributed by atoms with Gasteiger partial charge in [0.1, 0.15) is 0 Å². The van der Waals surface area contributed by atoms with Gasteiger partial charge in [0, 0.05) is 30.3 Å². The second kappa shape index (κ2) is 7.94. The van der Waals surface area contributed by atoms with Crippen LogP contribution in [0.25, 0.3) is 0 Å². The molecular weight excluding hydrogens is 378 g/mol. The minimum absolute atomic E-state index is 0.170. The van der Waals surface area contributed by atoms with Crippen molar-refractivity contribution in [2.75, 3.05) is 25.0 Å². The zero-order valence-electron chi connectivity index (χ0n) is 14.3. The smallest absolute Gasteiger partial charge is 0.313 e. The molecule has 1 aromatic carbocycles. The Balaban J connectivity index is 1.41. The van der Waals surface area contributed by atoms with Crippen LogP contribution in [0, 0.1) is 5.92 Å². The zero-order valence-corrected chi connectivity index (χ0v) is 15.9. The molecule has 2 aliphatic rings.